The van der Waals surface area contributed by atoms with Crippen LogP contribution in [0, 0.1) is 5.92 Å². The number of hydrogen-bond acceptors (Lipinski definition) is 5. The van der Waals surface area contributed by atoms with E-state index in [1.165, 1.54) is 19.4 Å². The molecule has 0 atom stereocenters. The normalized spacial score (nSPS) is 17.2. The average Bonchev–Trinajstić information content (AvgIpc) is 2.38. The van der Waals surface area contributed by atoms with Gasteiger partial charge in [0.1, 0.15) is 18.0 Å². The van der Waals surface area contributed by atoms with Crippen molar-refractivity contribution in [1.29, 1.82) is 0 Å². The Kier molecular flexibility index (Phi) is 4.81. The molecule has 1 aliphatic heterocycles. The van der Waals surface area contributed by atoms with Crippen LogP contribution in [-0.2, 0) is 0 Å². The molecule has 2 heterocycles. The summed E-state index contributed by atoms with van der Waals surface area (Å²) in [6.07, 6.45) is 4.03. The van der Waals surface area contributed by atoms with Crippen LogP contribution in [0.15, 0.2) is 6.33 Å². The lowest BCUT2D eigenvalue weighted by atomic mass is 9.95. The fourth-order valence-corrected chi connectivity index (χ4v) is 3.05. The zero-order chi connectivity index (χ0) is 14.7. The molecule has 1 aliphatic rings. The number of piperidine rings is 1. The van der Waals surface area contributed by atoms with Crippen molar-refractivity contribution >= 4 is 11.6 Å². The number of anilines is 2. The Balaban J connectivity index is 2.09. The lowest BCUT2D eigenvalue weighted by molar-refractivity contribution is 0.284. The van der Waals surface area contributed by atoms with Crippen LogP contribution >= 0.6 is 0 Å². The van der Waals surface area contributed by atoms with Crippen LogP contribution < -0.4 is 10.6 Å². The van der Waals surface area contributed by atoms with Gasteiger partial charge in [-0.15, -0.1) is 0 Å². The molecule has 1 fully saturated rings. The Morgan fingerprint density at radius 2 is 1.95 bits per heavy atom. The van der Waals surface area contributed by atoms with Crippen molar-refractivity contribution in [2.45, 2.75) is 32.6 Å². The molecule has 0 bridgehead atoms. The molecular weight excluding hydrogens is 250 g/mol. The van der Waals surface area contributed by atoms with Gasteiger partial charge in [-0.2, -0.15) is 0 Å². The molecule has 0 aliphatic carbocycles. The molecule has 112 valence electrons. The van der Waals surface area contributed by atoms with Crippen LogP contribution in [0.25, 0.3) is 0 Å². The van der Waals surface area contributed by atoms with E-state index < -0.39 is 0 Å². The summed E-state index contributed by atoms with van der Waals surface area (Å²) in [4.78, 5) is 13.3. The quantitative estimate of drug-likeness (QED) is 0.911. The van der Waals surface area contributed by atoms with Gasteiger partial charge in [0.15, 0.2) is 0 Å². The SMILES string of the molecule is CC(C)c1c(N)ncnc1N1CCC(CN(C)C)CC1. The molecule has 2 rings (SSSR count). The van der Waals surface area contributed by atoms with Crippen molar-refractivity contribution < 1.29 is 0 Å². The molecule has 1 aromatic rings. The monoisotopic (exact) mass is 277 g/mol. The highest BCUT2D eigenvalue weighted by Crippen LogP contribution is 2.31. The number of hydrogen-bond donors (Lipinski definition) is 1. The van der Waals surface area contributed by atoms with E-state index >= 15 is 0 Å². The average molecular weight is 277 g/mol. The Morgan fingerprint density at radius 1 is 1.30 bits per heavy atom. The molecule has 5 heteroatoms. The first-order valence-electron chi connectivity index (χ1n) is 7.49. The third-order valence-corrected chi connectivity index (χ3v) is 4.01. The maximum atomic E-state index is 6.04. The Bertz CT molecular complexity index is 436. The second kappa shape index (κ2) is 6.39. The minimum absolute atomic E-state index is 0.352. The van der Waals surface area contributed by atoms with Crippen molar-refractivity contribution in [3.63, 3.8) is 0 Å². The minimum atomic E-state index is 0.352. The van der Waals surface area contributed by atoms with Gasteiger partial charge >= 0.3 is 0 Å². The summed E-state index contributed by atoms with van der Waals surface area (Å²) in [6.45, 7) is 7.61. The van der Waals surface area contributed by atoms with E-state index in [9.17, 15) is 0 Å². The molecule has 0 unspecified atom stereocenters. The fourth-order valence-electron chi connectivity index (χ4n) is 3.05. The molecule has 1 saturated heterocycles. The number of rotatable bonds is 4. The lowest BCUT2D eigenvalue weighted by Gasteiger charge is -2.35. The summed E-state index contributed by atoms with van der Waals surface area (Å²) in [7, 11) is 4.29. The summed E-state index contributed by atoms with van der Waals surface area (Å²) in [5, 5.41) is 0. The van der Waals surface area contributed by atoms with Crippen LogP contribution in [-0.4, -0.2) is 48.6 Å². The van der Waals surface area contributed by atoms with E-state index in [0.717, 1.165) is 30.4 Å². The zero-order valence-electron chi connectivity index (χ0n) is 13.1. The Hall–Kier alpha value is -1.36. The Morgan fingerprint density at radius 3 is 2.50 bits per heavy atom. The van der Waals surface area contributed by atoms with E-state index in [1.54, 1.807) is 6.33 Å². The molecule has 0 amide bonds. The van der Waals surface area contributed by atoms with Gasteiger partial charge in [0.25, 0.3) is 0 Å². The first kappa shape index (κ1) is 15.0. The predicted octanol–water partition coefficient (Wildman–Crippen LogP) is 1.96. The van der Waals surface area contributed by atoms with Crippen LogP contribution in [0.1, 0.15) is 38.2 Å². The lowest BCUT2D eigenvalue weighted by Crippen LogP contribution is -2.38. The predicted molar refractivity (Wildman–Crippen MR) is 84.0 cm³/mol. The van der Waals surface area contributed by atoms with Crippen LogP contribution in [0.5, 0.6) is 0 Å². The topological polar surface area (TPSA) is 58.3 Å². The summed E-state index contributed by atoms with van der Waals surface area (Å²) < 4.78 is 0. The van der Waals surface area contributed by atoms with E-state index in [4.69, 9.17) is 5.73 Å². The zero-order valence-corrected chi connectivity index (χ0v) is 13.1. The van der Waals surface area contributed by atoms with Crippen molar-refractivity contribution in [3.05, 3.63) is 11.9 Å². The number of aromatic nitrogens is 2. The van der Waals surface area contributed by atoms with E-state index in [0.29, 0.717) is 11.7 Å². The van der Waals surface area contributed by atoms with Gasteiger partial charge in [-0.1, -0.05) is 13.8 Å². The molecular formula is C15H27N5. The van der Waals surface area contributed by atoms with Gasteiger partial charge in [-0.05, 0) is 38.8 Å². The van der Waals surface area contributed by atoms with Crippen molar-refractivity contribution in [3.8, 4) is 0 Å². The molecule has 5 nitrogen and oxygen atoms in total. The van der Waals surface area contributed by atoms with Gasteiger partial charge in [-0.25, -0.2) is 9.97 Å². The smallest absolute Gasteiger partial charge is 0.137 e. The summed E-state index contributed by atoms with van der Waals surface area (Å²) in [5.41, 5.74) is 7.13. The van der Waals surface area contributed by atoms with Gasteiger partial charge in [0.2, 0.25) is 0 Å². The van der Waals surface area contributed by atoms with Crippen molar-refractivity contribution in [2.75, 3.05) is 44.4 Å². The van der Waals surface area contributed by atoms with Gasteiger partial charge in [0, 0.05) is 25.2 Å². The van der Waals surface area contributed by atoms with Gasteiger partial charge in [0.05, 0.1) is 0 Å². The molecule has 1 aromatic heterocycles. The van der Waals surface area contributed by atoms with Crippen molar-refractivity contribution in [1.82, 2.24) is 14.9 Å². The minimum Gasteiger partial charge on any atom is -0.383 e. The first-order chi connectivity index (χ1) is 9.49. The highest BCUT2D eigenvalue weighted by atomic mass is 15.2. The highest BCUT2D eigenvalue weighted by molar-refractivity contribution is 5.58. The van der Waals surface area contributed by atoms with Gasteiger partial charge < -0.3 is 15.5 Å². The number of nitrogen functional groups attached to an aromatic ring is 1. The van der Waals surface area contributed by atoms with Crippen LogP contribution in [0.3, 0.4) is 0 Å². The number of nitrogens with two attached hydrogens (primary N) is 1. The number of nitrogens with zero attached hydrogens (tertiary/aromatic N) is 4. The first-order valence-corrected chi connectivity index (χ1v) is 7.49. The highest BCUT2D eigenvalue weighted by Gasteiger charge is 2.24. The van der Waals surface area contributed by atoms with Gasteiger partial charge in [-0.3, -0.25) is 0 Å². The van der Waals surface area contributed by atoms with Crippen LogP contribution in [0.4, 0.5) is 11.6 Å². The molecule has 0 aromatic carbocycles. The standard InChI is InChI=1S/C15H27N5/c1-11(2)13-14(16)17-10-18-15(13)20-7-5-12(6-8-20)9-19(3)4/h10-12H,5-9H2,1-4H3,(H2,16,17,18). The maximum absolute atomic E-state index is 6.04. The summed E-state index contributed by atoms with van der Waals surface area (Å²) in [6, 6.07) is 0. The maximum Gasteiger partial charge on any atom is 0.137 e. The van der Waals surface area contributed by atoms with E-state index in [-0.39, 0.29) is 0 Å². The third-order valence-electron chi connectivity index (χ3n) is 4.01. The summed E-state index contributed by atoms with van der Waals surface area (Å²) in [5.74, 6) is 2.81. The third kappa shape index (κ3) is 3.39. The molecule has 20 heavy (non-hydrogen) atoms. The molecule has 0 spiro atoms. The second-order valence-electron chi connectivity index (χ2n) is 6.34. The summed E-state index contributed by atoms with van der Waals surface area (Å²) >= 11 is 0. The Labute approximate surface area is 122 Å². The second-order valence-corrected chi connectivity index (χ2v) is 6.34. The van der Waals surface area contributed by atoms with Crippen molar-refractivity contribution in [2.24, 2.45) is 5.92 Å². The fraction of sp³-hybridized carbons (Fsp3) is 0.733. The molecule has 0 radical (unpaired) electrons. The van der Waals surface area contributed by atoms with Crippen LogP contribution in [0.2, 0.25) is 0 Å². The van der Waals surface area contributed by atoms with E-state index in [1.807, 2.05) is 0 Å². The molecule has 0 saturated carbocycles. The molecule has 2 N–H and O–H groups in total. The van der Waals surface area contributed by atoms with E-state index in [2.05, 4.69) is 47.7 Å². The largest absolute Gasteiger partial charge is 0.383 e.